The molecular weight excluding hydrogens is 309 g/mol. The van der Waals surface area contributed by atoms with E-state index in [0.717, 1.165) is 24.2 Å². The Morgan fingerprint density at radius 3 is 2.83 bits per heavy atom. The molecule has 2 aromatic heterocycles. The van der Waals surface area contributed by atoms with E-state index in [0.29, 0.717) is 24.4 Å². The van der Waals surface area contributed by atoms with E-state index in [1.165, 1.54) is 19.1 Å². The van der Waals surface area contributed by atoms with Crippen LogP contribution in [0.3, 0.4) is 0 Å². The maximum atomic E-state index is 14.3. The Morgan fingerprint density at radius 1 is 1.42 bits per heavy atom. The number of rotatable bonds is 4. The quantitative estimate of drug-likeness (QED) is 0.691. The third kappa shape index (κ3) is 3.23. The molecule has 0 aromatic carbocycles. The zero-order chi connectivity index (χ0) is 17.1. The fraction of sp³-hybridized carbons (Fsp3) is 0.333. The van der Waals surface area contributed by atoms with E-state index in [-0.39, 0.29) is 11.4 Å². The summed E-state index contributed by atoms with van der Waals surface area (Å²) in [6.45, 7) is 5.98. The Kier molecular flexibility index (Phi) is 4.76. The van der Waals surface area contributed by atoms with Crippen LogP contribution in [0, 0.1) is 0 Å². The monoisotopic (exact) mass is 329 g/mol. The van der Waals surface area contributed by atoms with Gasteiger partial charge in [0.1, 0.15) is 11.5 Å². The first-order chi connectivity index (χ1) is 11.6. The normalized spacial score (nSPS) is 16.7. The zero-order valence-electron chi connectivity index (χ0n) is 13.8. The van der Waals surface area contributed by atoms with Crippen molar-refractivity contribution in [1.29, 1.82) is 0 Å². The molecule has 3 rings (SSSR count). The molecule has 1 saturated heterocycles. The minimum atomic E-state index is -0.428. The first-order valence-corrected chi connectivity index (χ1v) is 7.95. The second kappa shape index (κ2) is 6.97. The van der Waals surface area contributed by atoms with Crippen LogP contribution in [-0.2, 0) is 9.53 Å². The maximum absolute atomic E-state index is 14.3. The van der Waals surface area contributed by atoms with Crippen LogP contribution in [0.15, 0.2) is 36.4 Å². The summed E-state index contributed by atoms with van der Waals surface area (Å²) in [6, 6.07) is 1.98. The van der Waals surface area contributed by atoms with Gasteiger partial charge in [-0.1, -0.05) is 6.08 Å². The standard InChI is InChI=1S/C18H20FN3O2/c1-3-17(19)14(8-12(2)23)16-11-21-18-15(16)9-13(10-20-18)22-4-6-24-7-5-22/h3,8-11H,4-7H2,1-2H3,(H,20,21)/b14-8-,17-3+. The predicted molar refractivity (Wildman–Crippen MR) is 92.6 cm³/mol. The number of hydrogen-bond acceptors (Lipinski definition) is 4. The third-order valence-corrected chi connectivity index (χ3v) is 4.04. The van der Waals surface area contributed by atoms with Crippen molar-refractivity contribution in [3.8, 4) is 0 Å². The highest BCUT2D eigenvalue weighted by atomic mass is 19.1. The molecule has 0 radical (unpaired) electrons. The largest absolute Gasteiger partial charge is 0.378 e. The number of halogens is 1. The van der Waals surface area contributed by atoms with Crippen LogP contribution in [-0.4, -0.2) is 42.1 Å². The lowest BCUT2D eigenvalue weighted by atomic mass is 10.0. The average Bonchev–Trinajstić information content (AvgIpc) is 3.02. The van der Waals surface area contributed by atoms with Crippen LogP contribution < -0.4 is 4.90 Å². The Bertz CT molecular complexity index is 817. The first kappa shape index (κ1) is 16.4. The minimum Gasteiger partial charge on any atom is -0.378 e. The Hall–Kier alpha value is -2.47. The Morgan fingerprint density at radius 2 is 2.17 bits per heavy atom. The SMILES string of the molecule is C/C=C(F)\C(=C/C(C)=O)c1c[nH]c2ncc(N3CCOCC3)cc12. The van der Waals surface area contributed by atoms with E-state index < -0.39 is 5.83 Å². The highest BCUT2D eigenvalue weighted by Crippen LogP contribution is 2.32. The molecule has 0 saturated carbocycles. The fourth-order valence-corrected chi connectivity index (χ4v) is 2.84. The van der Waals surface area contributed by atoms with Gasteiger partial charge in [0.25, 0.3) is 0 Å². The molecule has 5 nitrogen and oxygen atoms in total. The number of anilines is 1. The Balaban J connectivity index is 2.09. The number of carbonyl (C=O) groups excluding carboxylic acids is 1. The number of aromatic nitrogens is 2. The molecule has 24 heavy (non-hydrogen) atoms. The van der Waals surface area contributed by atoms with Crippen LogP contribution in [0.4, 0.5) is 10.1 Å². The molecule has 1 aliphatic heterocycles. The summed E-state index contributed by atoms with van der Waals surface area (Å²) in [5, 5.41) is 0.795. The lowest BCUT2D eigenvalue weighted by Gasteiger charge is -2.28. The minimum absolute atomic E-state index is 0.200. The number of carbonyl (C=O) groups is 1. The molecule has 2 aromatic rings. The molecule has 6 heteroatoms. The number of aromatic amines is 1. The second-order valence-corrected chi connectivity index (χ2v) is 5.70. The summed E-state index contributed by atoms with van der Waals surface area (Å²) in [5.41, 5.74) is 2.55. The summed E-state index contributed by atoms with van der Waals surface area (Å²) in [4.78, 5) is 21.2. The van der Waals surface area contributed by atoms with Gasteiger partial charge in [-0.3, -0.25) is 4.79 Å². The molecule has 1 fully saturated rings. The van der Waals surface area contributed by atoms with Gasteiger partial charge in [0.05, 0.1) is 25.1 Å². The topological polar surface area (TPSA) is 58.2 Å². The van der Waals surface area contributed by atoms with Crippen molar-refractivity contribution in [2.75, 3.05) is 31.2 Å². The zero-order valence-corrected chi connectivity index (χ0v) is 13.8. The molecule has 0 amide bonds. The molecule has 0 aliphatic carbocycles. The van der Waals surface area contributed by atoms with Gasteiger partial charge in [-0.05, 0) is 26.0 Å². The summed E-state index contributed by atoms with van der Waals surface area (Å²) in [6.07, 6.45) is 6.17. The number of pyridine rings is 1. The third-order valence-electron chi connectivity index (χ3n) is 4.04. The van der Waals surface area contributed by atoms with Gasteiger partial charge >= 0.3 is 0 Å². The summed E-state index contributed by atoms with van der Waals surface area (Å²) in [7, 11) is 0. The molecule has 1 N–H and O–H groups in total. The molecule has 1 aliphatic rings. The van der Waals surface area contributed by atoms with Crippen LogP contribution in [0.5, 0.6) is 0 Å². The average molecular weight is 329 g/mol. The molecule has 0 atom stereocenters. The van der Waals surface area contributed by atoms with Crippen molar-refractivity contribution in [3.05, 3.63) is 42.0 Å². The van der Waals surface area contributed by atoms with Crippen LogP contribution in [0.2, 0.25) is 0 Å². The van der Waals surface area contributed by atoms with E-state index in [9.17, 15) is 9.18 Å². The van der Waals surface area contributed by atoms with Gasteiger partial charge in [0, 0.05) is 35.8 Å². The highest BCUT2D eigenvalue weighted by molar-refractivity contribution is 6.03. The Labute approximate surface area is 139 Å². The predicted octanol–water partition coefficient (Wildman–Crippen LogP) is 3.25. The number of hydrogen-bond donors (Lipinski definition) is 1. The summed E-state index contributed by atoms with van der Waals surface area (Å²) in [5.74, 6) is -0.628. The smallest absolute Gasteiger partial charge is 0.153 e. The number of nitrogens with one attached hydrogen (secondary N) is 1. The van der Waals surface area contributed by atoms with E-state index in [2.05, 4.69) is 14.9 Å². The fourth-order valence-electron chi connectivity index (χ4n) is 2.84. The number of morpholine rings is 1. The second-order valence-electron chi connectivity index (χ2n) is 5.70. The van der Waals surface area contributed by atoms with Crippen LogP contribution in [0.1, 0.15) is 19.4 Å². The number of allylic oxidation sites excluding steroid dienone is 4. The lowest BCUT2D eigenvalue weighted by Crippen LogP contribution is -2.36. The molecule has 3 heterocycles. The van der Waals surface area contributed by atoms with Gasteiger partial charge in [-0.15, -0.1) is 0 Å². The van der Waals surface area contributed by atoms with Crippen LogP contribution in [0.25, 0.3) is 16.6 Å². The van der Waals surface area contributed by atoms with Crippen molar-refractivity contribution in [2.24, 2.45) is 0 Å². The van der Waals surface area contributed by atoms with Crippen molar-refractivity contribution in [1.82, 2.24) is 9.97 Å². The maximum Gasteiger partial charge on any atom is 0.153 e. The van der Waals surface area contributed by atoms with Gasteiger partial charge in [0.15, 0.2) is 5.78 Å². The molecule has 0 unspecified atom stereocenters. The van der Waals surface area contributed by atoms with Gasteiger partial charge < -0.3 is 14.6 Å². The van der Waals surface area contributed by atoms with E-state index in [1.54, 1.807) is 19.3 Å². The summed E-state index contributed by atoms with van der Waals surface area (Å²) >= 11 is 0. The van der Waals surface area contributed by atoms with E-state index in [1.807, 2.05) is 6.07 Å². The number of ether oxygens (including phenoxy) is 1. The van der Waals surface area contributed by atoms with Gasteiger partial charge in [-0.25, -0.2) is 9.37 Å². The number of nitrogens with zero attached hydrogens (tertiary/aromatic N) is 2. The molecule has 0 spiro atoms. The van der Waals surface area contributed by atoms with Crippen molar-refractivity contribution in [3.63, 3.8) is 0 Å². The first-order valence-electron chi connectivity index (χ1n) is 7.95. The number of fused-ring (bicyclic) bond motifs is 1. The van der Waals surface area contributed by atoms with E-state index in [4.69, 9.17) is 4.74 Å². The van der Waals surface area contributed by atoms with Crippen molar-refractivity contribution >= 4 is 28.1 Å². The van der Waals surface area contributed by atoms with Crippen LogP contribution >= 0.6 is 0 Å². The lowest BCUT2D eigenvalue weighted by molar-refractivity contribution is -0.112. The molecular formula is C18H20FN3O2. The highest BCUT2D eigenvalue weighted by Gasteiger charge is 2.17. The van der Waals surface area contributed by atoms with Crippen molar-refractivity contribution in [2.45, 2.75) is 13.8 Å². The van der Waals surface area contributed by atoms with Gasteiger partial charge in [0.2, 0.25) is 0 Å². The molecule has 0 bridgehead atoms. The number of H-pyrrole nitrogens is 1. The van der Waals surface area contributed by atoms with Gasteiger partial charge in [-0.2, -0.15) is 0 Å². The summed E-state index contributed by atoms with van der Waals surface area (Å²) < 4.78 is 19.7. The molecule has 126 valence electrons. The van der Waals surface area contributed by atoms with Crippen molar-refractivity contribution < 1.29 is 13.9 Å². The number of ketones is 1. The van der Waals surface area contributed by atoms with E-state index >= 15 is 0 Å².